The van der Waals surface area contributed by atoms with Crippen molar-refractivity contribution in [2.45, 2.75) is 17.7 Å². The standard InChI is InChI=1S/C16H19N3O3S.ClH/c20-23(21,19-10-7-16(12-19)6-9-17-11-16)15-4-2-1-3-13(15)14-5-8-18-22-14;/h1-5,8,17H,6-7,9-12H2;1H. The Labute approximate surface area is 147 Å². The molecule has 0 saturated carbocycles. The summed E-state index contributed by atoms with van der Waals surface area (Å²) in [5.41, 5.74) is 0.671. The molecule has 1 aromatic heterocycles. The molecule has 2 saturated heterocycles. The van der Waals surface area contributed by atoms with E-state index in [2.05, 4.69) is 10.5 Å². The van der Waals surface area contributed by atoms with E-state index in [0.29, 0.717) is 29.3 Å². The Balaban J connectivity index is 0.00000169. The van der Waals surface area contributed by atoms with E-state index in [1.165, 1.54) is 6.20 Å². The van der Waals surface area contributed by atoms with Gasteiger partial charge in [-0.25, -0.2) is 8.42 Å². The maximum absolute atomic E-state index is 13.1. The van der Waals surface area contributed by atoms with Crippen molar-refractivity contribution in [2.75, 3.05) is 26.2 Å². The van der Waals surface area contributed by atoms with Crippen molar-refractivity contribution >= 4 is 22.4 Å². The lowest BCUT2D eigenvalue weighted by Crippen LogP contribution is -2.33. The SMILES string of the molecule is Cl.O=S(=O)(c1ccccc1-c1ccno1)N1CCC2(CCNC2)C1. The summed E-state index contributed by atoms with van der Waals surface area (Å²) in [4.78, 5) is 0.291. The zero-order valence-corrected chi connectivity index (χ0v) is 14.8. The van der Waals surface area contributed by atoms with Crippen molar-refractivity contribution in [3.8, 4) is 11.3 Å². The normalized spacial score (nSPS) is 24.3. The summed E-state index contributed by atoms with van der Waals surface area (Å²) in [6.07, 6.45) is 3.49. The van der Waals surface area contributed by atoms with Crippen molar-refractivity contribution in [3.05, 3.63) is 36.5 Å². The molecule has 2 aliphatic rings. The van der Waals surface area contributed by atoms with Crippen molar-refractivity contribution < 1.29 is 12.9 Å². The predicted molar refractivity (Wildman–Crippen MR) is 92.5 cm³/mol. The zero-order chi connectivity index (χ0) is 15.9. The largest absolute Gasteiger partial charge is 0.356 e. The smallest absolute Gasteiger partial charge is 0.243 e. The number of benzene rings is 1. The Morgan fingerprint density at radius 1 is 1.21 bits per heavy atom. The fourth-order valence-electron chi connectivity index (χ4n) is 3.63. The Bertz CT molecular complexity index is 802. The van der Waals surface area contributed by atoms with E-state index >= 15 is 0 Å². The number of sulfonamides is 1. The average molecular weight is 370 g/mol. The van der Waals surface area contributed by atoms with E-state index in [1.54, 1.807) is 28.6 Å². The van der Waals surface area contributed by atoms with Crippen LogP contribution in [0.1, 0.15) is 12.8 Å². The van der Waals surface area contributed by atoms with Gasteiger partial charge in [0.25, 0.3) is 0 Å². The maximum Gasteiger partial charge on any atom is 0.243 e. The van der Waals surface area contributed by atoms with Crippen LogP contribution in [-0.4, -0.2) is 44.1 Å². The Morgan fingerprint density at radius 3 is 2.75 bits per heavy atom. The quantitative estimate of drug-likeness (QED) is 0.897. The van der Waals surface area contributed by atoms with Crippen LogP contribution in [0.4, 0.5) is 0 Å². The molecular formula is C16H20ClN3O3S. The summed E-state index contributed by atoms with van der Waals surface area (Å²) in [6, 6.07) is 8.64. The van der Waals surface area contributed by atoms with Crippen LogP contribution >= 0.6 is 12.4 Å². The molecule has 0 amide bonds. The number of nitrogens with zero attached hydrogens (tertiary/aromatic N) is 2. The number of halogens is 1. The van der Waals surface area contributed by atoms with E-state index in [9.17, 15) is 8.42 Å². The van der Waals surface area contributed by atoms with Gasteiger partial charge in [0.1, 0.15) is 0 Å². The van der Waals surface area contributed by atoms with E-state index < -0.39 is 10.0 Å². The van der Waals surface area contributed by atoms with E-state index in [-0.39, 0.29) is 17.8 Å². The number of rotatable bonds is 3. The van der Waals surface area contributed by atoms with Crippen LogP contribution in [0.5, 0.6) is 0 Å². The van der Waals surface area contributed by atoms with Crippen LogP contribution in [0, 0.1) is 5.41 Å². The summed E-state index contributed by atoms with van der Waals surface area (Å²) in [5, 5.41) is 7.04. The fourth-order valence-corrected chi connectivity index (χ4v) is 5.38. The van der Waals surface area contributed by atoms with Gasteiger partial charge in [-0.2, -0.15) is 4.31 Å². The molecule has 1 spiro atoms. The van der Waals surface area contributed by atoms with Crippen LogP contribution in [-0.2, 0) is 10.0 Å². The molecule has 2 aliphatic heterocycles. The van der Waals surface area contributed by atoms with E-state index in [4.69, 9.17) is 4.52 Å². The highest BCUT2D eigenvalue weighted by molar-refractivity contribution is 7.89. The van der Waals surface area contributed by atoms with Crippen molar-refractivity contribution in [3.63, 3.8) is 0 Å². The molecule has 0 radical (unpaired) electrons. The third-order valence-electron chi connectivity index (χ3n) is 4.94. The number of hydrogen-bond donors (Lipinski definition) is 1. The summed E-state index contributed by atoms with van der Waals surface area (Å²) in [6.45, 7) is 3.05. The monoisotopic (exact) mass is 369 g/mol. The van der Waals surface area contributed by atoms with Crippen LogP contribution in [0.2, 0.25) is 0 Å². The third-order valence-corrected chi connectivity index (χ3v) is 6.85. The van der Waals surface area contributed by atoms with Gasteiger partial charge in [0, 0.05) is 31.3 Å². The van der Waals surface area contributed by atoms with Crippen LogP contribution < -0.4 is 5.32 Å². The first kappa shape index (κ1) is 17.4. The van der Waals surface area contributed by atoms with Crippen LogP contribution in [0.25, 0.3) is 11.3 Å². The van der Waals surface area contributed by atoms with Crippen LogP contribution in [0.3, 0.4) is 0 Å². The van der Waals surface area contributed by atoms with Gasteiger partial charge in [0.2, 0.25) is 10.0 Å². The van der Waals surface area contributed by atoms with Gasteiger partial charge in [-0.05, 0) is 36.9 Å². The predicted octanol–water partition coefficient (Wildman–Crippen LogP) is 2.14. The van der Waals surface area contributed by atoms with Gasteiger partial charge < -0.3 is 9.84 Å². The van der Waals surface area contributed by atoms with Gasteiger partial charge >= 0.3 is 0 Å². The number of nitrogens with one attached hydrogen (secondary N) is 1. The molecule has 2 fully saturated rings. The Morgan fingerprint density at radius 2 is 2.04 bits per heavy atom. The fraction of sp³-hybridized carbons (Fsp3) is 0.438. The first-order valence-electron chi connectivity index (χ1n) is 7.82. The molecule has 1 atom stereocenters. The summed E-state index contributed by atoms with van der Waals surface area (Å²) >= 11 is 0. The Kier molecular flexibility index (Phi) is 4.70. The molecule has 2 aromatic rings. The minimum Gasteiger partial charge on any atom is -0.356 e. The first-order chi connectivity index (χ1) is 11.1. The highest BCUT2D eigenvalue weighted by atomic mass is 35.5. The van der Waals surface area contributed by atoms with Gasteiger partial charge in [-0.1, -0.05) is 17.3 Å². The summed E-state index contributed by atoms with van der Waals surface area (Å²) < 4.78 is 33.1. The van der Waals surface area contributed by atoms with Gasteiger partial charge in [0.15, 0.2) is 5.76 Å². The Hall–Kier alpha value is -1.41. The van der Waals surface area contributed by atoms with Gasteiger partial charge in [0.05, 0.1) is 11.1 Å². The molecule has 1 N–H and O–H groups in total. The molecule has 24 heavy (non-hydrogen) atoms. The lowest BCUT2D eigenvalue weighted by molar-refractivity contribution is 0.338. The van der Waals surface area contributed by atoms with Crippen molar-refractivity contribution in [2.24, 2.45) is 5.41 Å². The minimum atomic E-state index is -3.54. The minimum absolute atomic E-state index is 0. The van der Waals surface area contributed by atoms with Gasteiger partial charge in [-0.15, -0.1) is 12.4 Å². The lowest BCUT2D eigenvalue weighted by atomic mass is 9.87. The summed E-state index contributed by atoms with van der Waals surface area (Å²) in [7, 11) is -3.54. The molecule has 1 aromatic carbocycles. The highest BCUT2D eigenvalue weighted by Gasteiger charge is 2.44. The second kappa shape index (κ2) is 6.48. The van der Waals surface area contributed by atoms with E-state index in [1.807, 2.05) is 6.07 Å². The average Bonchev–Trinajstić information content (AvgIpc) is 3.30. The molecule has 3 heterocycles. The zero-order valence-electron chi connectivity index (χ0n) is 13.1. The van der Waals surface area contributed by atoms with E-state index in [0.717, 1.165) is 25.9 Å². The number of aromatic nitrogens is 1. The molecule has 6 nitrogen and oxygen atoms in total. The van der Waals surface area contributed by atoms with Crippen LogP contribution in [0.15, 0.2) is 45.9 Å². The lowest BCUT2D eigenvalue weighted by Gasteiger charge is -2.23. The molecule has 8 heteroatoms. The molecule has 130 valence electrons. The highest BCUT2D eigenvalue weighted by Crippen LogP contribution is 2.39. The van der Waals surface area contributed by atoms with Gasteiger partial charge in [-0.3, -0.25) is 0 Å². The van der Waals surface area contributed by atoms with Crippen molar-refractivity contribution in [1.29, 1.82) is 0 Å². The molecule has 0 aliphatic carbocycles. The number of hydrogen-bond acceptors (Lipinski definition) is 5. The topological polar surface area (TPSA) is 75.4 Å². The molecule has 4 rings (SSSR count). The third kappa shape index (κ3) is 2.86. The second-order valence-corrected chi connectivity index (χ2v) is 8.29. The molecule has 0 bridgehead atoms. The maximum atomic E-state index is 13.1. The molecular weight excluding hydrogens is 350 g/mol. The first-order valence-corrected chi connectivity index (χ1v) is 9.26. The summed E-state index contributed by atoms with van der Waals surface area (Å²) in [5.74, 6) is 0.473. The second-order valence-electron chi connectivity index (χ2n) is 6.39. The van der Waals surface area contributed by atoms with Crippen molar-refractivity contribution in [1.82, 2.24) is 14.8 Å². The molecule has 1 unspecified atom stereocenters.